The Morgan fingerprint density at radius 1 is 1.21 bits per heavy atom. The van der Waals surface area contributed by atoms with Gasteiger partial charge in [-0.15, -0.1) is 16.8 Å². The van der Waals surface area contributed by atoms with Crippen molar-refractivity contribution in [2.45, 2.75) is 58.8 Å². The number of nitrogens with one attached hydrogen (secondary N) is 1. The van der Waals surface area contributed by atoms with Crippen molar-refractivity contribution in [2.24, 2.45) is 0 Å². The zero-order valence-electron chi connectivity index (χ0n) is 20.3. The van der Waals surface area contributed by atoms with Gasteiger partial charge in [0, 0.05) is 15.8 Å². The van der Waals surface area contributed by atoms with E-state index in [1.54, 1.807) is 6.08 Å². The molecular formula is C26H31IN4O2S. The molecule has 0 fully saturated rings. The highest BCUT2D eigenvalue weighted by atomic mass is 127. The van der Waals surface area contributed by atoms with Gasteiger partial charge in [0.15, 0.2) is 11.0 Å². The van der Waals surface area contributed by atoms with Crippen LogP contribution in [-0.2, 0) is 17.9 Å². The summed E-state index contributed by atoms with van der Waals surface area (Å²) in [7, 11) is 0. The standard InChI is InChI=1S/C26H31IN4O2S/c1-7-10-31-23(14-33-22-11-17(4)8-9-21(22)16(2)3)29-30-26(31)34-15-24(32)28-25-18(5)12-20(27)13-19(25)6/h7-9,11-13,16H,1,10,14-15H2,2-6H3,(H,28,32). The van der Waals surface area contributed by atoms with E-state index in [4.69, 9.17) is 4.74 Å². The Morgan fingerprint density at radius 3 is 2.56 bits per heavy atom. The normalized spacial score (nSPS) is 11.0. The van der Waals surface area contributed by atoms with E-state index < -0.39 is 0 Å². The molecule has 0 aliphatic rings. The number of aromatic nitrogens is 3. The maximum Gasteiger partial charge on any atom is 0.234 e. The maximum absolute atomic E-state index is 12.7. The minimum absolute atomic E-state index is 0.0790. The molecule has 180 valence electrons. The number of hydrogen-bond acceptors (Lipinski definition) is 5. The quantitative estimate of drug-likeness (QED) is 0.168. The lowest BCUT2D eigenvalue weighted by Crippen LogP contribution is -2.16. The second-order valence-electron chi connectivity index (χ2n) is 8.53. The topological polar surface area (TPSA) is 69.0 Å². The minimum Gasteiger partial charge on any atom is -0.485 e. The number of allylic oxidation sites excluding steroid dienone is 1. The Hall–Kier alpha value is -2.33. The first kappa shape index (κ1) is 26.3. The SMILES string of the molecule is C=CCn1c(COc2cc(C)ccc2C(C)C)nnc1SCC(=O)Nc1c(C)cc(I)cc1C. The number of aryl methyl sites for hydroxylation is 3. The molecule has 0 saturated carbocycles. The van der Waals surface area contributed by atoms with Crippen molar-refractivity contribution in [1.82, 2.24) is 14.8 Å². The lowest BCUT2D eigenvalue weighted by atomic mass is 10.0. The number of halogens is 1. The molecule has 34 heavy (non-hydrogen) atoms. The molecule has 0 saturated heterocycles. The molecular weight excluding hydrogens is 559 g/mol. The second-order valence-corrected chi connectivity index (χ2v) is 10.7. The molecule has 0 aliphatic carbocycles. The van der Waals surface area contributed by atoms with Crippen LogP contribution in [0.2, 0.25) is 0 Å². The van der Waals surface area contributed by atoms with Gasteiger partial charge in [0.05, 0.1) is 5.75 Å². The first-order chi connectivity index (χ1) is 16.2. The average Bonchev–Trinajstić information content (AvgIpc) is 3.15. The zero-order valence-corrected chi connectivity index (χ0v) is 23.3. The van der Waals surface area contributed by atoms with E-state index >= 15 is 0 Å². The molecule has 0 aliphatic heterocycles. The molecule has 1 amide bonds. The van der Waals surface area contributed by atoms with Crippen LogP contribution in [-0.4, -0.2) is 26.4 Å². The third-order valence-electron chi connectivity index (χ3n) is 5.35. The van der Waals surface area contributed by atoms with Crippen LogP contribution in [0.5, 0.6) is 5.75 Å². The van der Waals surface area contributed by atoms with Crippen LogP contribution >= 0.6 is 34.4 Å². The summed E-state index contributed by atoms with van der Waals surface area (Å²) >= 11 is 3.64. The fraction of sp³-hybridized carbons (Fsp3) is 0.346. The van der Waals surface area contributed by atoms with Crippen LogP contribution in [0.15, 0.2) is 48.1 Å². The number of nitrogens with zero attached hydrogens (tertiary/aromatic N) is 3. The third kappa shape index (κ3) is 6.63. The van der Waals surface area contributed by atoms with E-state index in [9.17, 15) is 4.79 Å². The van der Waals surface area contributed by atoms with E-state index in [1.165, 1.54) is 11.8 Å². The molecule has 0 atom stereocenters. The van der Waals surface area contributed by atoms with Crippen molar-refractivity contribution in [2.75, 3.05) is 11.1 Å². The number of anilines is 1. The third-order valence-corrected chi connectivity index (χ3v) is 6.94. The monoisotopic (exact) mass is 590 g/mol. The average molecular weight is 591 g/mol. The number of ether oxygens (including phenoxy) is 1. The lowest BCUT2D eigenvalue weighted by Gasteiger charge is -2.15. The van der Waals surface area contributed by atoms with Crippen LogP contribution in [0, 0.1) is 24.3 Å². The van der Waals surface area contributed by atoms with Gasteiger partial charge in [-0.2, -0.15) is 0 Å². The van der Waals surface area contributed by atoms with Gasteiger partial charge in [-0.05, 0) is 89.7 Å². The van der Waals surface area contributed by atoms with Crippen molar-refractivity contribution in [3.05, 3.63) is 74.6 Å². The summed E-state index contributed by atoms with van der Waals surface area (Å²) in [5, 5.41) is 12.4. The summed E-state index contributed by atoms with van der Waals surface area (Å²) in [5.74, 6) is 2.07. The van der Waals surface area contributed by atoms with Gasteiger partial charge >= 0.3 is 0 Å². The van der Waals surface area contributed by atoms with Crippen molar-refractivity contribution in [3.63, 3.8) is 0 Å². The number of thioether (sulfide) groups is 1. The van der Waals surface area contributed by atoms with Gasteiger partial charge in [0.25, 0.3) is 0 Å². The summed E-state index contributed by atoms with van der Waals surface area (Å²) in [5.41, 5.74) is 5.27. The van der Waals surface area contributed by atoms with Gasteiger partial charge in [-0.3, -0.25) is 9.36 Å². The molecule has 3 aromatic rings. The fourth-order valence-corrected chi connectivity index (χ4v) is 5.35. The molecule has 0 spiro atoms. The van der Waals surface area contributed by atoms with Crippen molar-refractivity contribution < 1.29 is 9.53 Å². The maximum atomic E-state index is 12.7. The first-order valence-electron chi connectivity index (χ1n) is 11.1. The predicted molar refractivity (Wildman–Crippen MR) is 148 cm³/mol. The Kier molecular flexibility index (Phi) is 9.18. The van der Waals surface area contributed by atoms with Crippen molar-refractivity contribution in [3.8, 4) is 5.75 Å². The Labute approximate surface area is 219 Å². The molecule has 1 heterocycles. The molecule has 0 unspecified atom stereocenters. The smallest absolute Gasteiger partial charge is 0.234 e. The van der Waals surface area contributed by atoms with Crippen LogP contribution < -0.4 is 10.1 Å². The summed E-state index contributed by atoms with van der Waals surface area (Å²) < 4.78 is 9.25. The highest BCUT2D eigenvalue weighted by molar-refractivity contribution is 14.1. The highest BCUT2D eigenvalue weighted by Crippen LogP contribution is 2.29. The minimum atomic E-state index is -0.0790. The van der Waals surface area contributed by atoms with Crippen molar-refractivity contribution >= 4 is 45.9 Å². The van der Waals surface area contributed by atoms with Gasteiger partial charge < -0.3 is 10.1 Å². The molecule has 2 aromatic carbocycles. The van der Waals surface area contributed by atoms with Gasteiger partial charge in [0.2, 0.25) is 5.91 Å². The number of amides is 1. The van der Waals surface area contributed by atoms with E-state index in [0.717, 1.165) is 37.3 Å². The summed E-state index contributed by atoms with van der Waals surface area (Å²) in [6, 6.07) is 10.4. The Balaban J connectivity index is 1.69. The molecule has 8 heteroatoms. The first-order valence-corrected chi connectivity index (χ1v) is 13.2. The van der Waals surface area contributed by atoms with Gasteiger partial charge in [-0.1, -0.05) is 43.8 Å². The molecule has 0 radical (unpaired) electrons. The molecule has 1 aromatic heterocycles. The van der Waals surface area contributed by atoms with Crippen LogP contribution in [0.3, 0.4) is 0 Å². The van der Waals surface area contributed by atoms with E-state index in [0.29, 0.717) is 23.4 Å². The highest BCUT2D eigenvalue weighted by Gasteiger charge is 2.16. The van der Waals surface area contributed by atoms with Crippen LogP contribution in [0.4, 0.5) is 5.69 Å². The summed E-state index contributed by atoms with van der Waals surface area (Å²) in [4.78, 5) is 12.7. The summed E-state index contributed by atoms with van der Waals surface area (Å²) in [6.07, 6.45) is 1.79. The predicted octanol–water partition coefficient (Wildman–Crippen LogP) is 6.43. The molecule has 0 bridgehead atoms. The van der Waals surface area contributed by atoms with Crippen LogP contribution in [0.25, 0.3) is 0 Å². The number of hydrogen-bond donors (Lipinski definition) is 1. The molecule has 3 rings (SSSR count). The summed E-state index contributed by atoms with van der Waals surface area (Å²) in [6.45, 7) is 15.0. The number of rotatable bonds is 10. The van der Waals surface area contributed by atoms with E-state index in [-0.39, 0.29) is 18.3 Å². The number of carbonyl (C=O) groups excluding carboxylic acids is 1. The van der Waals surface area contributed by atoms with E-state index in [2.05, 4.69) is 95.8 Å². The number of benzene rings is 2. The number of carbonyl (C=O) groups is 1. The second kappa shape index (κ2) is 11.9. The van der Waals surface area contributed by atoms with E-state index in [1.807, 2.05) is 18.4 Å². The largest absolute Gasteiger partial charge is 0.485 e. The van der Waals surface area contributed by atoms with Gasteiger partial charge in [-0.25, -0.2) is 0 Å². The van der Waals surface area contributed by atoms with Crippen molar-refractivity contribution in [1.29, 1.82) is 0 Å². The Bertz CT molecular complexity index is 1170. The molecule has 1 N–H and O–H groups in total. The van der Waals surface area contributed by atoms with Crippen LogP contribution in [0.1, 0.15) is 47.8 Å². The Morgan fingerprint density at radius 2 is 1.91 bits per heavy atom. The molecule has 6 nitrogen and oxygen atoms in total. The zero-order chi connectivity index (χ0) is 24.8. The fourth-order valence-electron chi connectivity index (χ4n) is 3.64. The van der Waals surface area contributed by atoms with Gasteiger partial charge in [0.1, 0.15) is 12.4 Å². The lowest BCUT2D eigenvalue weighted by molar-refractivity contribution is -0.113.